The minimum absolute atomic E-state index is 0.0198. The van der Waals surface area contributed by atoms with Gasteiger partial charge in [0, 0.05) is 12.3 Å². The van der Waals surface area contributed by atoms with Crippen LogP contribution in [0.1, 0.15) is 99.3 Å². The van der Waals surface area contributed by atoms with E-state index in [4.69, 9.17) is 0 Å². The Balaban J connectivity index is 1.59. The summed E-state index contributed by atoms with van der Waals surface area (Å²) in [6.45, 7) is 12.9. The number of allylic oxidation sites excluding steroid dienone is 2. The number of hydrogen-bond acceptors (Lipinski definition) is 4. The van der Waals surface area contributed by atoms with Gasteiger partial charge in [-0.05, 0) is 98.7 Å². The summed E-state index contributed by atoms with van der Waals surface area (Å²) in [6, 6.07) is 0. The monoisotopic (exact) mass is 460 g/mol. The number of fused-ring (bicyclic) bond motifs is 5. The Bertz CT molecular complexity index is 784. The van der Waals surface area contributed by atoms with Crippen molar-refractivity contribution in [1.29, 1.82) is 0 Å². The van der Waals surface area contributed by atoms with Crippen molar-refractivity contribution >= 4 is 5.78 Å². The van der Waals surface area contributed by atoms with Crippen molar-refractivity contribution in [3.05, 3.63) is 11.6 Å². The zero-order valence-electron chi connectivity index (χ0n) is 21.8. The van der Waals surface area contributed by atoms with Gasteiger partial charge in [-0.15, -0.1) is 0 Å². The predicted molar refractivity (Wildman–Crippen MR) is 131 cm³/mol. The van der Waals surface area contributed by atoms with Crippen LogP contribution in [0.15, 0.2) is 11.6 Å². The van der Waals surface area contributed by atoms with Crippen LogP contribution < -0.4 is 0 Å². The third-order valence-electron chi connectivity index (χ3n) is 11.0. The molecule has 4 nitrogen and oxygen atoms in total. The van der Waals surface area contributed by atoms with E-state index < -0.39 is 5.60 Å². The fourth-order valence-corrected chi connectivity index (χ4v) is 9.25. The second kappa shape index (κ2) is 8.75. The highest BCUT2D eigenvalue weighted by molar-refractivity contribution is 5.82. The highest BCUT2D eigenvalue weighted by Crippen LogP contribution is 2.66. The fraction of sp³-hybridized carbons (Fsp3) is 0.897. The van der Waals surface area contributed by atoms with Crippen molar-refractivity contribution in [2.45, 2.75) is 117 Å². The number of carbonyl (C=O) groups is 1. The second-order valence-corrected chi connectivity index (χ2v) is 13.2. The van der Waals surface area contributed by atoms with E-state index in [0.717, 1.165) is 44.9 Å². The molecule has 0 radical (unpaired) electrons. The number of hydrogen-bond donors (Lipinski definition) is 3. The van der Waals surface area contributed by atoms with E-state index in [1.807, 2.05) is 6.92 Å². The van der Waals surface area contributed by atoms with E-state index in [1.54, 1.807) is 0 Å². The number of Topliss-reactive ketones (excluding diaryl/α,β-unsaturated/α-hetero) is 1. The minimum atomic E-state index is -0.997. The van der Waals surface area contributed by atoms with Crippen LogP contribution in [0.5, 0.6) is 0 Å². The molecule has 0 unspecified atom stereocenters. The Labute approximate surface area is 201 Å². The highest BCUT2D eigenvalue weighted by Gasteiger charge is 2.61. The first-order chi connectivity index (χ1) is 15.3. The largest absolute Gasteiger partial charge is 0.393 e. The number of ketones is 1. The molecule has 188 valence electrons. The lowest BCUT2D eigenvalue weighted by molar-refractivity contribution is -0.135. The number of rotatable bonds is 6. The maximum atomic E-state index is 13.1. The third-order valence-corrected chi connectivity index (χ3v) is 11.0. The Morgan fingerprint density at radius 1 is 1.15 bits per heavy atom. The standard InChI is InChI=1S/C29H48O4/c1-7-19(17(2)3)25(32)16-29(6,33)26-9-8-21-20-15-24(31)23-14-18(30)10-12-27(23,4)22(20)11-13-28(21,26)5/h11,17-21,23-24,26,30-31,33H,7-10,12-16H2,1-6H3/t18-,19-,20-,21-,23+,24-,26-,27+,28-,29-/m0/s1. The quantitative estimate of drug-likeness (QED) is 0.471. The minimum Gasteiger partial charge on any atom is -0.393 e. The normalized spacial score (nSPS) is 45.5. The van der Waals surface area contributed by atoms with Crippen molar-refractivity contribution < 1.29 is 20.1 Å². The van der Waals surface area contributed by atoms with Gasteiger partial charge in [0.2, 0.25) is 0 Å². The molecule has 0 heterocycles. The predicted octanol–water partition coefficient (Wildman–Crippen LogP) is 5.29. The first-order valence-corrected chi connectivity index (χ1v) is 13.7. The molecule has 3 saturated carbocycles. The summed E-state index contributed by atoms with van der Waals surface area (Å²) in [5.74, 6) is 1.57. The van der Waals surface area contributed by atoms with Gasteiger partial charge in [-0.3, -0.25) is 4.79 Å². The van der Waals surface area contributed by atoms with Crippen molar-refractivity contribution in [2.75, 3.05) is 0 Å². The summed E-state index contributed by atoms with van der Waals surface area (Å²) < 4.78 is 0. The van der Waals surface area contributed by atoms with E-state index in [1.165, 1.54) is 5.57 Å². The molecular formula is C29H48O4. The second-order valence-electron chi connectivity index (χ2n) is 13.2. The molecule has 10 atom stereocenters. The van der Waals surface area contributed by atoms with Gasteiger partial charge in [-0.25, -0.2) is 0 Å². The topological polar surface area (TPSA) is 77.8 Å². The van der Waals surface area contributed by atoms with E-state index in [9.17, 15) is 20.1 Å². The van der Waals surface area contributed by atoms with Crippen molar-refractivity contribution in [1.82, 2.24) is 0 Å². The van der Waals surface area contributed by atoms with Gasteiger partial charge >= 0.3 is 0 Å². The van der Waals surface area contributed by atoms with Crippen molar-refractivity contribution in [3.8, 4) is 0 Å². The summed E-state index contributed by atoms with van der Waals surface area (Å²) >= 11 is 0. The Morgan fingerprint density at radius 2 is 1.85 bits per heavy atom. The Morgan fingerprint density at radius 3 is 2.48 bits per heavy atom. The van der Waals surface area contributed by atoms with E-state index in [-0.39, 0.29) is 53.0 Å². The molecule has 0 saturated heterocycles. The van der Waals surface area contributed by atoms with Crippen LogP contribution in [-0.2, 0) is 4.79 Å². The molecule has 4 rings (SSSR count). The van der Waals surface area contributed by atoms with Gasteiger partial charge < -0.3 is 15.3 Å². The third kappa shape index (κ3) is 4.06. The van der Waals surface area contributed by atoms with Crippen molar-refractivity contribution in [3.63, 3.8) is 0 Å². The van der Waals surface area contributed by atoms with Crippen LogP contribution in [0.4, 0.5) is 0 Å². The average Bonchev–Trinajstić information content (AvgIpc) is 3.07. The van der Waals surface area contributed by atoms with Crippen LogP contribution in [0.3, 0.4) is 0 Å². The number of aliphatic hydroxyl groups excluding tert-OH is 2. The molecule has 4 aliphatic rings. The van der Waals surface area contributed by atoms with E-state index in [0.29, 0.717) is 24.2 Å². The van der Waals surface area contributed by atoms with Gasteiger partial charge in [-0.1, -0.05) is 46.3 Å². The van der Waals surface area contributed by atoms with Gasteiger partial charge in [-0.2, -0.15) is 0 Å². The number of carbonyl (C=O) groups excluding carboxylic acids is 1. The summed E-state index contributed by atoms with van der Waals surface area (Å²) in [7, 11) is 0. The maximum Gasteiger partial charge on any atom is 0.139 e. The Kier molecular flexibility index (Phi) is 6.73. The van der Waals surface area contributed by atoms with Crippen LogP contribution in [0.2, 0.25) is 0 Å². The lowest BCUT2D eigenvalue weighted by Gasteiger charge is -2.58. The lowest BCUT2D eigenvalue weighted by Crippen LogP contribution is -2.55. The van der Waals surface area contributed by atoms with Gasteiger partial charge in [0.25, 0.3) is 0 Å². The zero-order chi connectivity index (χ0) is 24.3. The molecule has 0 aromatic carbocycles. The molecule has 3 N–H and O–H groups in total. The highest BCUT2D eigenvalue weighted by atomic mass is 16.3. The molecule has 0 bridgehead atoms. The van der Waals surface area contributed by atoms with Crippen LogP contribution >= 0.6 is 0 Å². The Hall–Kier alpha value is -0.710. The van der Waals surface area contributed by atoms with Crippen LogP contribution in [0, 0.1) is 46.3 Å². The molecule has 0 aliphatic heterocycles. The molecule has 0 aromatic rings. The van der Waals surface area contributed by atoms with Gasteiger partial charge in [0.05, 0.1) is 17.8 Å². The van der Waals surface area contributed by atoms with Crippen LogP contribution in [0.25, 0.3) is 0 Å². The molecule has 3 fully saturated rings. The van der Waals surface area contributed by atoms with E-state index >= 15 is 0 Å². The van der Waals surface area contributed by atoms with Gasteiger partial charge in [0.15, 0.2) is 0 Å². The maximum absolute atomic E-state index is 13.1. The summed E-state index contributed by atoms with van der Waals surface area (Å²) in [5.41, 5.74) is 0.456. The molecule has 0 aromatic heterocycles. The van der Waals surface area contributed by atoms with Gasteiger partial charge in [0.1, 0.15) is 5.78 Å². The fourth-order valence-electron chi connectivity index (χ4n) is 9.25. The first-order valence-electron chi connectivity index (χ1n) is 13.7. The molecular weight excluding hydrogens is 412 g/mol. The summed E-state index contributed by atoms with van der Waals surface area (Å²) in [6.07, 6.45) is 9.09. The number of aliphatic hydroxyl groups is 3. The SMILES string of the molecule is CC[C@H](C(=O)C[C@](C)(O)[C@H]1CC[C@H]2[C@@H]3C[C@H](O)[C@H]4C[C@@H](O)CC[C@]4(C)C3=CC[C@@]21C)C(C)C. The molecule has 0 spiro atoms. The summed E-state index contributed by atoms with van der Waals surface area (Å²) in [5, 5.41) is 33.2. The zero-order valence-corrected chi connectivity index (χ0v) is 21.8. The molecule has 4 heteroatoms. The molecule has 33 heavy (non-hydrogen) atoms. The smallest absolute Gasteiger partial charge is 0.139 e. The molecule has 0 amide bonds. The summed E-state index contributed by atoms with van der Waals surface area (Å²) in [4.78, 5) is 13.1. The lowest BCUT2D eigenvalue weighted by atomic mass is 9.47. The molecule has 4 aliphatic carbocycles. The van der Waals surface area contributed by atoms with Crippen LogP contribution in [-0.4, -0.2) is 38.9 Å². The average molecular weight is 461 g/mol. The first kappa shape index (κ1) is 25.4. The van der Waals surface area contributed by atoms with Crippen molar-refractivity contribution in [2.24, 2.45) is 46.3 Å². The van der Waals surface area contributed by atoms with E-state index in [2.05, 4.69) is 40.7 Å².